The van der Waals surface area contributed by atoms with Crippen LogP contribution in [0.1, 0.15) is 36.5 Å². The zero-order chi connectivity index (χ0) is 14.5. The molecule has 2 aromatic heterocycles. The molecule has 0 amide bonds. The van der Waals surface area contributed by atoms with E-state index in [1.54, 1.807) is 22.3 Å². The first-order valence-electron chi connectivity index (χ1n) is 6.67. The maximum atomic E-state index is 5.56. The van der Waals surface area contributed by atoms with Crippen LogP contribution >= 0.6 is 11.3 Å². The van der Waals surface area contributed by atoms with E-state index in [9.17, 15) is 0 Å². The molecule has 0 fully saturated rings. The SMILES string of the molecule is CCOC(C)c1nc(CN(C)Cc2ncnn2C)cs1. The number of hydrogen-bond acceptors (Lipinski definition) is 6. The molecule has 0 saturated carbocycles. The Morgan fingerprint density at radius 3 is 2.90 bits per heavy atom. The summed E-state index contributed by atoms with van der Waals surface area (Å²) in [6.45, 7) is 6.30. The summed E-state index contributed by atoms with van der Waals surface area (Å²) in [5.41, 5.74) is 1.07. The molecule has 0 aliphatic carbocycles. The maximum Gasteiger partial charge on any atom is 0.140 e. The lowest BCUT2D eigenvalue weighted by Crippen LogP contribution is -2.20. The molecular weight excluding hydrogens is 274 g/mol. The van der Waals surface area contributed by atoms with E-state index >= 15 is 0 Å². The highest BCUT2D eigenvalue weighted by atomic mass is 32.1. The van der Waals surface area contributed by atoms with Crippen LogP contribution in [0, 0.1) is 0 Å². The van der Waals surface area contributed by atoms with Gasteiger partial charge in [-0.05, 0) is 20.9 Å². The first kappa shape index (κ1) is 15.1. The lowest BCUT2D eigenvalue weighted by atomic mass is 10.4. The molecule has 0 bridgehead atoms. The lowest BCUT2D eigenvalue weighted by molar-refractivity contribution is 0.0760. The second-order valence-electron chi connectivity index (χ2n) is 4.75. The first-order valence-corrected chi connectivity index (χ1v) is 7.55. The average Bonchev–Trinajstić information content (AvgIpc) is 3.00. The zero-order valence-electron chi connectivity index (χ0n) is 12.4. The largest absolute Gasteiger partial charge is 0.372 e. The molecule has 1 atom stereocenters. The zero-order valence-corrected chi connectivity index (χ0v) is 13.2. The second kappa shape index (κ2) is 6.92. The Bertz CT molecular complexity index is 538. The number of nitrogens with zero attached hydrogens (tertiary/aromatic N) is 5. The van der Waals surface area contributed by atoms with Crippen LogP contribution < -0.4 is 0 Å². The van der Waals surface area contributed by atoms with E-state index in [4.69, 9.17) is 4.74 Å². The number of aryl methyl sites for hydroxylation is 1. The monoisotopic (exact) mass is 295 g/mol. The summed E-state index contributed by atoms with van der Waals surface area (Å²) in [6, 6.07) is 0. The number of hydrogen-bond donors (Lipinski definition) is 0. The lowest BCUT2D eigenvalue weighted by Gasteiger charge is -2.14. The normalized spacial score (nSPS) is 13.1. The van der Waals surface area contributed by atoms with Crippen molar-refractivity contribution in [2.45, 2.75) is 33.0 Å². The van der Waals surface area contributed by atoms with Gasteiger partial charge in [0.2, 0.25) is 0 Å². The summed E-state index contributed by atoms with van der Waals surface area (Å²) >= 11 is 1.65. The second-order valence-corrected chi connectivity index (χ2v) is 5.64. The maximum absolute atomic E-state index is 5.56. The Morgan fingerprint density at radius 1 is 1.45 bits per heavy atom. The highest BCUT2D eigenvalue weighted by Gasteiger charge is 2.12. The van der Waals surface area contributed by atoms with Crippen LogP contribution in [0.4, 0.5) is 0 Å². The van der Waals surface area contributed by atoms with Gasteiger partial charge in [0.05, 0.1) is 12.2 Å². The van der Waals surface area contributed by atoms with Crippen LogP contribution in [-0.4, -0.2) is 38.3 Å². The number of rotatable bonds is 7. The summed E-state index contributed by atoms with van der Waals surface area (Å²) < 4.78 is 7.35. The van der Waals surface area contributed by atoms with Gasteiger partial charge in [0.25, 0.3) is 0 Å². The van der Waals surface area contributed by atoms with Gasteiger partial charge >= 0.3 is 0 Å². The average molecular weight is 295 g/mol. The van der Waals surface area contributed by atoms with Gasteiger partial charge in [0, 0.05) is 25.6 Å². The highest BCUT2D eigenvalue weighted by Crippen LogP contribution is 2.21. The third-order valence-corrected chi connectivity index (χ3v) is 4.04. The van der Waals surface area contributed by atoms with E-state index in [-0.39, 0.29) is 6.10 Å². The smallest absolute Gasteiger partial charge is 0.140 e. The molecule has 2 aromatic rings. The third-order valence-electron chi connectivity index (χ3n) is 2.98. The molecule has 1 unspecified atom stereocenters. The van der Waals surface area contributed by atoms with Crippen molar-refractivity contribution in [1.82, 2.24) is 24.6 Å². The van der Waals surface area contributed by atoms with Gasteiger partial charge < -0.3 is 4.74 Å². The van der Waals surface area contributed by atoms with Crippen molar-refractivity contribution in [3.8, 4) is 0 Å². The van der Waals surface area contributed by atoms with E-state index in [2.05, 4.69) is 32.4 Å². The summed E-state index contributed by atoms with van der Waals surface area (Å²) in [5, 5.41) is 7.20. The molecule has 0 N–H and O–H groups in total. The van der Waals surface area contributed by atoms with E-state index < -0.39 is 0 Å². The fraction of sp³-hybridized carbons (Fsp3) is 0.615. The van der Waals surface area contributed by atoms with E-state index in [1.807, 2.05) is 20.9 Å². The Labute approximate surface area is 123 Å². The Balaban J connectivity index is 1.91. The minimum absolute atomic E-state index is 0.0720. The van der Waals surface area contributed by atoms with Gasteiger partial charge in [0.15, 0.2) is 0 Å². The van der Waals surface area contributed by atoms with Gasteiger partial charge in [-0.25, -0.2) is 9.97 Å². The van der Waals surface area contributed by atoms with Crippen LogP contribution in [0.5, 0.6) is 0 Å². The van der Waals surface area contributed by atoms with Crippen LogP contribution in [-0.2, 0) is 24.9 Å². The molecule has 7 heteroatoms. The Morgan fingerprint density at radius 2 is 2.25 bits per heavy atom. The molecule has 6 nitrogen and oxygen atoms in total. The molecule has 0 aliphatic heterocycles. The third kappa shape index (κ3) is 3.84. The minimum atomic E-state index is 0.0720. The van der Waals surface area contributed by atoms with Gasteiger partial charge in [-0.1, -0.05) is 0 Å². The van der Waals surface area contributed by atoms with E-state index in [0.29, 0.717) is 6.61 Å². The van der Waals surface area contributed by atoms with Crippen molar-refractivity contribution >= 4 is 11.3 Å². The van der Waals surface area contributed by atoms with Gasteiger partial charge in [-0.2, -0.15) is 5.10 Å². The molecule has 0 aliphatic rings. The number of aromatic nitrogens is 4. The summed E-state index contributed by atoms with van der Waals surface area (Å²) in [5.74, 6) is 0.950. The van der Waals surface area contributed by atoms with Crippen molar-refractivity contribution in [2.75, 3.05) is 13.7 Å². The Hall–Kier alpha value is -1.31. The molecule has 0 spiro atoms. The molecule has 2 rings (SSSR count). The van der Waals surface area contributed by atoms with Crippen molar-refractivity contribution in [3.63, 3.8) is 0 Å². The molecule has 0 saturated heterocycles. The molecule has 0 radical (unpaired) electrons. The number of thiazole rings is 1. The summed E-state index contributed by atoms with van der Waals surface area (Å²) in [4.78, 5) is 11.0. The Kier molecular flexibility index (Phi) is 5.22. The summed E-state index contributed by atoms with van der Waals surface area (Å²) in [6.07, 6.45) is 1.65. The van der Waals surface area contributed by atoms with Crippen molar-refractivity contribution in [1.29, 1.82) is 0 Å². The van der Waals surface area contributed by atoms with Crippen LogP contribution in [0.25, 0.3) is 0 Å². The molecule has 0 aromatic carbocycles. The first-order chi connectivity index (χ1) is 9.60. The standard InChI is InChI=1S/C13H21N5OS/c1-5-19-10(2)13-16-11(8-20-13)6-17(3)7-12-14-9-15-18(12)4/h8-10H,5-7H2,1-4H3. The van der Waals surface area contributed by atoms with Crippen molar-refractivity contribution < 1.29 is 4.74 Å². The number of ether oxygens (including phenoxy) is 1. The predicted octanol–water partition coefficient (Wildman–Crippen LogP) is 2.00. The van der Waals surface area contributed by atoms with E-state index in [0.717, 1.165) is 29.6 Å². The van der Waals surface area contributed by atoms with E-state index in [1.165, 1.54) is 0 Å². The highest BCUT2D eigenvalue weighted by molar-refractivity contribution is 7.09. The van der Waals surface area contributed by atoms with Gasteiger partial charge in [-0.3, -0.25) is 9.58 Å². The van der Waals surface area contributed by atoms with Gasteiger partial charge in [0.1, 0.15) is 23.3 Å². The van der Waals surface area contributed by atoms with Crippen molar-refractivity contribution in [2.24, 2.45) is 7.05 Å². The summed E-state index contributed by atoms with van der Waals surface area (Å²) in [7, 11) is 3.96. The molecular formula is C13H21N5OS. The molecule has 110 valence electrons. The molecule has 2 heterocycles. The quantitative estimate of drug-likeness (QED) is 0.782. The fourth-order valence-corrected chi connectivity index (χ4v) is 2.75. The fourth-order valence-electron chi connectivity index (χ4n) is 1.94. The van der Waals surface area contributed by atoms with Crippen LogP contribution in [0.3, 0.4) is 0 Å². The van der Waals surface area contributed by atoms with Crippen LogP contribution in [0.15, 0.2) is 11.7 Å². The van der Waals surface area contributed by atoms with Crippen LogP contribution in [0.2, 0.25) is 0 Å². The molecule has 20 heavy (non-hydrogen) atoms. The predicted molar refractivity (Wildman–Crippen MR) is 78.3 cm³/mol. The minimum Gasteiger partial charge on any atom is -0.372 e. The topological polar surface area (TPSA) is 56.1 Å². The van der Waals surface area contributed by atoms with Gasteiger partial charge in [-0.15, -0.1) is 11.3 Å². The van der Waals surface area contributed by atoms with Crippen molar-refractivity contribution in [3.05, 3.63) is 28.2 Å².